The lowest BCUT2D eigenvalue weighted by atomic mass is 10.3. The van der Waals surface area contributed by atoms with E-state index in [1.807, 2.05) is 6.92 Å². The van der Waals surface area contributed by atoms with E-state index < -0.39 is 0 Å². The molecule has 3 heteroatoms. The van der Waals surface area contributed by atoms with Gasteiger partial charge in [-0.05, 0) is 5.92 Å². The van der Waals surface area contributed by atoms with Crippen LogP contribution in [0.4, 0.5) is 0 Å². The average molecular weight is 142 g/mol. The Morgan fingerprint density at radius 3 is 2.50 bits per heavy atom. The van der Waals surface area contributed by atoms with Gasteiger partial charge in [0.1, 0.15) is 6.29 Å². The van der Waals surface area contributed by atoms with Crippen molar-refractivity contribution in [1.29, 1.82) is 0 Å². The molecular weight excluding hydrogens is 132 g/mol. The fourth-order valence-corrected chi connectivity index (χ4v) is 1.21. The van der Waals surface area contributed by atoms with Crippen molar-refractivity contribution >= 4 is 12.3 Å². The van der Waals surface area contributed by atoms with Crippen LogP contribution in [0.1, 0.15) is 6.92 Å². The zero-order valence-electron chi connectivity index (χ0n) is 6.03. The van der Waals surface area contributed by atoms with Gasteiger partial charge in [0.15, 0.2) is 0 Å². The molecule has 0 heterocycles. The van der Waals surface area contributed by atoms with E-state index in [4.69, 9.17) is 0 Å². The molecule has 0 spiro atoms. The Bertz CT molecular complexity index is 164. The van der Waals surface area contributed by atoms with Crippen LogP contribution >= 0.6 is 0 Å². The molecule has 0 amide bonds. The highest BCUT2D eigenvalue weighted by atomic mass is 16.5. The third-order valence-corrected chi connectivity index (χ3v) is 2.08. The fraction of sp³-hybridized carbons (Fsp3) is 0.714. The smallest absolute Gasteiger partial charge is 0.309 e. The monoisotopic (exact) mass is 142 g/mol. The van der Waals surface area contributed by atoms with Gasteiger partial charge in [0.25, 0.3) is 0 Å². The molecule has 1 unspecified atom stereocenters. The van der Waals surface area contributed by atoms with Crippen molar-refractivity contribution in [3.8, 4) is 0 Å². The first-order valence-electron chi connectivity index (χ1n) is 3.25. The first-order chi connectivity index (χ1) is 4.72. The second-order valence-electron chi connectivity index (χ2n) is 2.62. The summed E-state index contributed by atoms with van der Waals surface area (Å²) >= 11 is 0. The molecular formula is C7H10O3. The topological polar surface area (TPSA) is 43.4 Å². The lowest BCUT2D eigenvalue weighted by Crippen LogP contribution is -2.05. The molecule has 56 valence electrons. The van der Waals surface area contributed by atoms with E-state index in [1.54, 1.807) is 0 Å². The Labute approximate surface area is 59.4 Å². The third kappa shape index (κ3) is 0.916. The third-order valence-electron chi connectivity index (χ3n) is 2.08. The van der Waals surface area contributed by atoms with E-state index in [9.17, 15) is 9.59 Å². The Kier molecular flexibility index (Phi) is 1.74. The maximum atomic E-state index is 10.8. The molecule has 1 aliphatic rings. The van der Waals surface area contributed by atoms with Crippen molar-refractivity contribution < 1.29 is 14.3 Å². The largest absolute Gasteiger partial charge is 0.469 e. The highest BCUT2D eigenvalue weighted by Crippen LogP contribution is 2.44. The minimum atomic E-state index is -0.260. The minimum Gasteiger partial charge on any atom is -0.469 e. The van der Waals surface area contributed by atoms with Crippen molar-refractivity contribution in [2.24, 2.45) is 17.8 Å². The Morgan fingerprint density at radius 1 is 1.60 bits per heavy atom. The summed E-state index contributed by atoms with van der Waals surface area (Å²) < 4.78 is 4.48. The maximum absolute atomic E-state index is 10.8. The fourth-order valence-electron chi connectivity index (χ4n) is 1.21. The molecule has 0 aromatic heterocycles. The molecule has 1 aliphatic carbocycles. The summed E-state index contributed by atoms with van der Waals surface area (Å²) in [6.45, 7) is 1.88. The first kappa shape index (κ1) is 7.25. The average Bonchev–Trinajstić information content (AvgIpc) is 2.59. The summed E-state index contributed by atoms with van der Waals surface area (Å²) in [5.74, 6) is -0.329. The van der Waals surface area contributed by atoms with Gasteiger partial charge in [-0.15, -0.1) is 0 Å². The summed E-state index contributed by atoms with van der Waals surface area (Å²) in [6.07, 6.45) is 0.826. The van der Waals surface area contributed by atoms with E-state index in [1.165, 1.54) is 7.11 Å². The number of hydrogen-bond donors (Lipinski definition) is 0. The quantitative estimate of drug-likeness (QED) is 0.409. The van der Waals surface area contributed by atoms with Gasteiger partial charge < -0.3 is 9.53 Å². The first-order valence-corrected chi connectivity index (χ1v) is 3.25. The van der Waals surface area contributed by atoms with Gasteiger partial charge in [0.2, 0.25) is 0 Å². The summed E-state index contributed by atoms with van der Waals surface area (Å²) in [5, 5.41) is 0. The molecule has 3 nitrogen and oxygen atoms in total. The molecule has 1 fully saturated rings. The second kappa shape index (κ2) is 2.40. The molecule has 0 aromatic carbocycles. The van der Waals surface area contributed by atoms with Gasteiger partial charge in [-0.1, -0.05) is 6.92 Å². The molecule has 10 heavy (non-hydrogen) atoms. The van der Waals surface area contributed by atoms with Crippen LogP contribution < -0.4 is 0 Å². The zero-order valence-corrected chi connectivity index (χ0v) is 6.03. The van der Waals surface area contributed by atoms with Crippen molar-refractivity contribution in [2.45, 2.75) is 6.92 Å². The normalized spacial score (nSPS) is 36.8. The summed E-state index contributed by atoms with van der Waals surface area (Å²) in [5.41, 5.74) is 0. The van der Waals surface area contributed by atoms with Gasteiger partial charge in [-0.25, -0.2) is 0 Å². The van der Waals surface area contributed by atoms with Gasteiger partial charge in [0.05, 0.1) is 13.0 Å². The summed E-state index contributed by atoms with van der Waals surface area (Å²) in [7, 11) is 1.34. The second-order valence-corrected chi connectivity index (χ2v) is 2.62. The van der Waals surface area contributed by atoms with Gasteiger partial charge in [0, 0.05) is 5.92 Å². The summed E-state index contributed by atoms with van der Waals surface area (Å²) in [6, 6.07) is 0. The molecule has 0 aliphatic heterocycles. The van der Waals surface area contributed by atoms with Crippen LogP contribution in [0.2, 0.25) is 0 Å². The summed E-state index contributed by atoms with van der Waals surface area (Å²) in [4.78, 5) is 21.0. The predicted octanol–water partition coefficient (Wildman–Crippen LogP) is 0.240. The lowest BCUT2D eigenvalue weighted by molar-refractivity contribution is -0.143. The molecule has 1 saturated carbocycles. The number of methoxy groups -OCH3 is 1. The number of rotatable bonds is 2. The zero-order chi connectivity index (χ0) is 7.72. The Hall–Kier alpha value is -0.860. The van der Waals surface area contributed by atoms with Crippen LogP contribution in [0.3, 0.4) is 0 Å². The van der Waals surface area contributed by atoms with Crippen molar-refractivity contribution in [1.82, 2.24) is 0 Å². The van der Waals surface area contributed by atoms with Gasteiger partial charge in [-0.2, -0.15) is 0 Å². The van der Waals surface area contributed by atoms with Crippen molar-refractivity contribution in [2.75, 3.05) is 7.11 Å². The maximum Gasteiger partial charge on any atom is 0.309 e. The number of carbonyl (C=O) groups excluding carboxylic acids is 2. The predicted molar refractivity (Wildman–Crippen MR) is 34.2 cm³/mol. The number of aldehydes is 1. The van der Waals surface area contributed by atoms with Crippen LogP contribution in [0, 0.1) is 17.8 Å². The van der Waals surface area contributed by atoms with Crippen LogP contribution in [-0.2, 0) is 14.3 Å². The van der Waals surface area contributed by atoms with Gasteiger partial charge >= 0.3 is 5.97 Å². The number of carbonyl (C=O) groups is 2. The van der Waals surface area contributed by atoms with E-state index in [0.717, 1.165) is 6.29 Å². The minimum absolute atomic E-state index is 0.0903. The highest BCUT2D eigenvalue weighted by Gasteiger charge is 2.52. The van der Waals surface area contributed by atoms with E-state index in [2.05, 4.69) is 4.74 Å². The standard InChI is InChI=1S/C7H10O3/c1-4-5(3-8)6(4)7(9)10-2/h3-6H,1-2H3/t4-,5?,6+/m1/s1. The lowest BCUT2D eigenvalue weighted by Gasteiger charge is -1.92. The van der Waals surface area contributed by atoms with Crippen LogP contribution in [0.15, 0.2) is 0 Å². The van der Waals surface area contributed by atoms with Crippen molar-refractivity contribution in [3.63, 3.8) is 0 Å². The molecule has 0 saturated heterocycles. The Morgan fingerprint density at radius 2 is 2.20 bits per heavy atom. The van der Waals surface area contributed by atoms with Crippen LogP contribution in [-0.4, -0.2) is 19.4 Å². The van der Waals surface area contributed by atoms with Crippen molar-refractivity contribution in [3.05, 3.63) is 0 Å². The molecule has 0 aromatic rings. The molecule has 1 rings (SSSR count). The highest BCUT2D eigenvalue weighted by molar-refractivity contribution is 5.82. The number of esters is 1. The molecule has 3 atom stereocenters. The molecule has 0 radical (unpaired) electrons. The number of ether oxygens (including phenoxy) is 1. The van der Waals surface area contributed by atoms with Crippen LogP contribution in [0.25, 0.3) is 0 Å². The SMILES string of the molecule is COC(=O)[C@@H]1C(C=O)[C@H]1C. The molecule has 0 bridgehead atoms. The number of hydrogen-bond acceptors (Lipinski definition) is 3. The van der Waals surface area contributed by atoms with E-state index in [0.29, 0.717) is 0 Å². The van der Waals surface area contributed by atoms with E-state index in [-0.39, 0.29) is 23.7 Å². The molecule has 0 N–H and O–H groups in total. The van der Waals surface area contributed by atoms with Gasteiger partial charge in [-0.3, -0.25) is 4.79 Å². The van der Waals surface area contributed by atoms with E-state index >= 15 is 0 Å². The van der Waals surface area contributed by atoms with Crippen LogP contribution in [0.5, 0.6) is 0 Å². The Balaban J connectivity index is 2.47.